The van der Waals surface area contributed by atoms with Crippen molar-refractivity contribution in [1.82, 2.24) is 10.2 Å². The first-order chi connectivity index (χ1) is 16.4. The lowest BCUT2D eigenvalue weighted by atomic mass is 9.86. The number of carbonyl (C=O) groups excluding carboxylic acids is 1. The van der Waals surface area contributed by atoms with Gasteiger partial charge in [0.25, 0.3) is 5.91 Å². The number of benzene rings is 2. The second-order valence-electron chi connectivity index (χ2n) is 9.25. The predicted octanol–water partition coefficient (Wildman–Crippen LogP) is 4.38. The maximum absolute atomic E-state index is 13.9. The van der Waals surface area contributed by atoms with E-state index >= 15 is 0 Å². The molecule has 0 unspecified atom stereocenters. The number of hydrogen-bond donors (Lipinski definition) is 1. The summed E-state index contributed by atoms with van der Waals surface area (Å²) in [7, 11) is 1.51. The molecule has 184 valence electrons. The Kier molecular flexibility index (Phi) is 7.61. The van der Waals surface area contributed by atoms with Crippen molar-refractivity contribution in [1.29, 1.82) is 0 Å². The molecular weight excluding hydrogens is 433 g/mol. The van der Waals surface area contributed by atoms with Crippen LogP contribution in [0.4, 0.5) is 10.1 Å². The number of nitrogens with zero attached hydrogens (tertiary/aromatic N) is 2. The summed E-state index contributed by atoms with van der Waals surface area (Å²) < 4.78 is 24.9. The SMILES string of the molecule is CCNC(=O)COc1ccc([C@H]2CCC[C@H]3CN(c4ccc(F)c(OC)c4)CCN32)c(C)c1C. The predicted molar refractivity (Wildman–Crippen MR) is 132 cm³/mol. The van der Waals surface area contributed by atoms with E-state index in [2.05, 4.69) is 35.0 Å². The Morgan fingerprint density at radius 1 is 1.12 bits per heavy atom. The Morgan fingerprint density at radius 3 is 2.71 bits per heavy atom. The van der Waals surface area contributed by atoms with Gasteiger partial charge in [0.05, 0.1) is 7.11 Å². The summed E-state index contributed by atoms with van der Waals surface area (Å²) in [5, 5.41) is 2.77. The number of carbonyl (C=O) groups is 1. The number of nitrogens with one attached hydrogen (secondary N) is 1. The van der Waals surface area contributed by atoms with Crippen molar-refractivity contribution in [2.24, 2.45) is 0 Å². The van der Waals surface area contributed by atoms with Crippen LogP contribution in [0.3, 0.4) is 0 Å². The van der Waals surface area contributed by atoms with Gasteiger partial charge in [0, 0.05) is 50.0 Å². The number of fused-ring (bicyclic) bond motifs is 1. The number of hydrogen-bond acceptors (Lipinski definition) is 5. The molecule has 7 heteroatoms. The van der Waals surface area contributed by atoms with Crippen molar-refractivity contribution in [3.63, 3.8) is 0 Å². The molecule has 2 atom stereocenters. The van der Waals surface area contributed by atoms with Crippen LogP contribution in [0.25, 0.3) is 0 Å². The average Bonchev–Trinajstić information content (AvgIpc) is 2.85. The summed E-state index contributed by atoms with van der Waals surface area (Å²) in [6.07, 6.45) is 3.48. The van der Waals surface area contributed by atoms with Crippen molar-refractivity contribution in [3.8, 4) is 11.5 Å². The van der Waals surface area contributed by atoms with E-state index < -0.39 is 0 Å². The van der Waals surface area contributed by atoms with Gasteiger partial charge in [-0.2, -0.15) is 0 Å². The highest BCUT2D eigenvalue weighted by Gasteiger charge is 2.36. The van der Waals surface area contributed by atoms with Crippen LogP contribution in [0.5, 0.6) is 11.5 Å². The molecule has 6 nitrogen and oxygen atoms in total. The molecule has 1 amide bonds. The maximum atomic E-state index is 13.9. The zero-order valence-corrected chi connectivity index (χ0v) is 20.7. The molecule has 2 saturated heterocycles. The van der Waals surface area contributed by atoms with E-state index in [4.69, 9.17) is 9.47 Å². The lowest BCUT2D eigenvalue weighted by Crippen LogP contribution is -2.56. The van der Waals surface area contributed by atoms with Gasteiger partial charge >= 0.3 is 0 Å². The smallest absolute Gasteiger partial charge is 0.257 e. The Hall–Kier alpha value is -2.80. The Bertz CT molecular complexity index is 1030. The fourth-order valence-electron chi connectivity index (χ4n) is 5.39. The number of ether oxygens (including phenoxy) is 2. The lowest BCUT2D eigenvalue weighted by molar-refractivity contribution is -0.122. The summed E-state index contributed by atoms with van der Waals surface area (Å²) in [5.74, 6) is 0.638. The highest BCUT2D eigenvalue weighted by Crippen LogP contribution is 2.40. The van der Waals surface area contributed by atoms with Gasteiger partial charge in [0.1, 0.15) is 5.75 Å². The van der Waals surface area contributed by atoms with Crippen molar-refractivity contribution >= 4 is 11.6 Å². The minimum absolute atomic E-state index is 0.0368. The standard InChI is InChI=1S/C27H36FN3O3/c1-5-29-27(32)17-34-25-12-10-22(18(2)19(25)3)24-8-6-7-21-16-30(13-14-31(21)24)20-9-11-23(28)26(15-20)33-4/h9-12,15,21,24H,5-8,13-14,16-17H2,1-4H3,(H,29,32)/t21-,24+/m0/s1. The van der Waals surface area contributed by atoms with E-state index in [1.54, 1.807) is 6.07 Å². The van der Waals surface area contributed by atoms with Crippen LogP contribution in [0.1, 0.15) is 48.9 Å². The largest absolute Gasteiger partial charge is 0.494 e. The van der Waals surface area contributed by atoms with E-state index in [1.165, 1.54) is 30.7 Å². The van der Waals surface area contributed by atoms with E-state index in [9.17, 15) is 9.18 Å². The summed E-state index contributed by atoms with van der Waals surface area (Å²) in [6.45, 7) is 9.56. The van der Waals surface area contributed by atoms with Gasteiger partial charge in [-0.1, -0.05) is 6.07 Å². The van der Waals surface area contributed by atoms with Crippen molar-refractivity contribution < 1.29 is 18.7 Å². The second-order valence-corrected chi connectivity index (χ2v) is 9.25. The molecule has 0 spiro atoms. The first-order valence-electron chi connectivity index (χ1n) is 12.3. The number of piperidine rings is 1. The zero-order chi connectivity index (χ0) is 24.2. The summed E-state index contributed by atoms with van der Waals surface area (Å²) >= 11 is 0. The molecule has 0 radical (unpaired) electrons. The molecule has 1 N–H and O–H groups in total. The van der Waals surface area contributed by atoms with Crippen molar-refractivity contribution in [2.45, 2.75) is 52.1 Å². The summed E-state index contributed by atoms with van der Waals surface area (Å²) in [6, 6.07) is 10.2. The van der Waals surface area contributed by atoms with Gasteiger partial charge < -0.3 is 19.7 Å². The number of piperazine rings is 1. The number of amides is 1. The number of rotatable bonds is 7. The second kappa shape index (κ2) is 10.6. The first-order valence-corrected chi connectivity index (χ1v) is 12.3. The fraction of sp³-hybridized carbons (Fsp3) is 0.519. The Labute approximate surface area is 202 Å². The minimum Gasteiger partial charge on any atom is -0.494 e. The average molecular weight is 470 g/mol. The Morgan fingerprint density at radius 2 is 1.94 bits per heavy atom. The van der Waals surface area contributed by atoms with Gasteiger partial charge in [0.15, 0.2) is 18.2 Å². The molecule has 2 fully saturated rings. The monoisotopic (exact) mass is 469 g/mol. The fourth-order valence-corrected chi connectivity index (χ4v) is 5.39. The molecular formula is C27H36FN3O3. The highest BCUT2D eigenvalue weighted by atomic mass is 19.1. The topological polar surface area (TPSA) is 54.0 Å². The molecule has 2 aromatic rings. The van der Waals surface area contributed by atoms with E-state index in [1.807, 2.05) is 19.1 Å². The van der Waals surface area contributed by atoms with Crippen LogP contribution in [0.15, 0.2) is 30.3 Å². The maximum Gasteiger partial charge on any atom is 0.257 e. The molecule has 0 aliphatic carbocycles. The normalized spacial score (nSPS) is 20.6. The van der Waals surface area contributed by atoms with Gasteiger partial charge in [-0.15, -0.1) is 0 Å². The third-order valence-electron chi connectivity index (χ3n) is 7.31. The van der Waals surface area contributed by atoms with Crippen LogP contribution in [-0.2, 0) is 4.79 Å². The van der Waals surface area contributed by atoms with Crippen LogP contribution in [-0.4, -0.2) is 56.7 Å². The van der Waals surface area contributed by atoms with Crippen molar-refractivity contribution in [2.75, 3.05) is 44.8 Å². The third kappa shape index (κ3) is 4.99. The number of likely N-dealkylation sites (N-methyl/N-ethyl adjacent to an activating group) is 1. The van der Waals surface area contributed by atoms with Gasteiger partial charge in [0.2, 0.25) is 0 Å². The number of halogens is 1. The number of anilines is 1. The molecule has 0 bridgehead atoms. The molecule has 0 aromatic heterocycles. The molecule has 4 rings (SSSR count). The molecule has 2 heterocycles. The lowest BCUT2D eigenvalue weighted by Gasteiger charge is -2.49. The molecule has 34 heavy (non-hydrogen) atoms. The van der Waals surface area contributed by atoms with Crippen LogP contribution >= 0.6 is 0 Å². The van der Waals surface area contributed by atoms with Crippen LogP contribution in [0, 0.1) is 19.7 Å². The zero-order valence-electron chi connectivity index (χ0n) is 20.7. The summed E-state index contributed by atoms with van der Waals surface area (Å²) in [5.41, 5.74) is 4.70. The first kappa shape index (κ1) is 24.3. The van der Waals surface area contributed by atoms with E-state index in [0.29, 0.717) is 24.4 Å². The molecule has 2 aliphatic rings. The number of methoxy groups -OCH3 is 1. The van der Waals surface area contributed by atoms with E-state index in [-0.39, 0.29) is 18.3 Å². The molecule has 0 saturated carbocycles. The van der Waals surface area contributed by atoms with Crippen LogP contribution < -0.4 is 19.7 Å². The van der Waals surface area contributed by atoms with Gasteiger partial charge in [-0.3, -0.25) is 9.69 Å². The highest BCUT2D eigenvalue weighted by molar-refractivity contribution is 5.77. The summed E-state index contributed by atoms with van der Waals surface area (Å²) in [4.78, 5) is 16.8. The van der Waals surface area contributed by atoms with Gasteiger partial charge in [-0.25, -0.2) is 4.39 Å². The third-order valence-corrected chi connectivity index (χ3v) is 7.31. The molecule has 2 aliphatic heterocycles. The van der Waals surface area contributed by atoms with E-state index in [0.717, 1.165) is 49.5 Å². The molecule has 2 aromatic carbocycles. The van der Waals surface area contributed by atoms with Crippen molar-refractivity contribution in [3.05, 3.63) is 52.8 Å². The van der Waals surface area contributed by atoms with Crippen LogP contribution in [0.2, 0.25) is 0 Å². The Balaban J connectivity index is 1.48. The van der Waals surface area contributed by atoms with Gasteiger partial charge in [-0.05, 0) is 74.9 Å². The quantitative estimate of drug-likeness (QED) is 0.652. The minimum atomic E-state index is -0.327.